The second kappa shape index (κ2) is 5.45. The molecule has 0 aromatic heterocycles. The quantitative estimate of drug-likeness (QED) is 0.810. The molecule has 0 saturated heterocycles. The van der Waals surface area contributed by atoms with Gasteiger partial charge in [-0.25, -0.2) is 8.42 Å². The summed E-state index contributed by atoms with van der Waals surface area (Å²) in [6.45, 7) is 3.86. The first kappa shape index (κ1) is 16.9. The smallest absolute Gasteiger partial charge is 0.177 e. The largest absolute Gasteiger partial charge is 0.361 e. The Morgan fingerprint density at radius 3 is 2.68 bits per heavy atom. The number of ketones is 1. The summed E-state index contributed by atoms with van der Waals surface area (Å²) in [6, 6.07) is 7.20. The Morgan fingerprint density at radius 1 is 1.20 bits per heavy atom. The van der Waals surface area contributed by atoms with Crippen LogP contribution in [0.1, 0.15) is 44.6 Å². The molecule has 0 fully saturated rings. The highest BCUT2D eigenvalue weighted by atomic mass is 35.5. The Bertz CT molecular complexity index is 957. The van der Waals surface area contributed by atoms with Crippen LogP contribution in [0.4, 0.5) is 0 Å². The number of rotatable bonds is 1. The van der Waals surface area contributed by atoms with Crippen molar-refractivity contribution in [3.05, 3.63) is 56.7 Å². The second-order valence-corrected chi connectivity index (χ2v) is 10.1. The van der Waals surface area contributed by atoms with Gasteiger partial charge in [0.1, 0.15) is 0 Å². The van der Waals surface area contributed by atoms with Crippen molar-refractivity contribution in [3.63, 3.8) is 0 Å². The van der Waals surface area contributed by atoms with Crippen molar-refractivity contribution in [1.29, 1.82) is 0 Å². The van der Waals surface area contributed by atoms with Crippen molar-refractivity contribution in [2.75, 3.05) is 5.75 Å². The van der Waals surface area contributed by atoms with E-state index in [4.69, 9.17) is 11.6 Å². The van der Waals surface area contributed by atoms with E-state index in [0.29, 0.717) is 21.9 Å². The van der Waals surface area contributed by atoms with E-state index in [0.717, 1.165) is 29.8 Å². The number of carbonyl (C=O) groups is 1. The SMILES string of the molecule is CC1(C)CCC2=C(C1=O)C(c1cccc(Cl)c1)C1=C(CCS1(=O)=O)N2. The van der Waals surface area contributed by atoms with Gasteiger partial charge in [0.25, 0.3) is 0 Å². The number of allylic oxidation sites excluding steroid dienone is 4. The maximum atomic E-state index is 13.2. The summed E-state index contributed by atoms with van der Waals surface area (Å²) in [5.74, 6) is -0.427. The third kappa shape index (κ3) is 2.56. The summed E-state index contributed by atoms with van der Waals surface area (Å²) in [4.78, 5) is 13.6. The molecule has 1 atom stereocenters. The van der Waals surface area contributed by atoms with Crippen LogP contribution in [0.3, 0.4) is 0 Å². The molecule has 0 bridgehead atoms. The van der Waals surface area contributed by atoms with Crippen molar-refractivity contribution in [3.8, 4) is 0 Å². The van der Waals surface area contributed by atoms with E-state index in [2.05, 4.69) is 5.32 Å². The van der Waals surface area contributed by atoms with Gasteiger partial charge in [-0.2, -0.15) is 0 Å². The van der Waals surface area contributed by atoms with Gasteiger partial charge in [0.2, 0.25) is 0 Å². The van der Waals surface area contributed by atoms with Gasteiger partial charge >= 0.3 is 0 Å². The first-order chi connectivity index (χ1) is 11.7. The molecule has 4 nitrogen and oxygen atoms in total. The second-order valence-electron chi connectivity index (χ2n) is 7.63. The molecular formula is C19H20ClNO3S. The van der Waals surface area contributed by atoms with Gasteiger partial charge in [0, 0.05) is 33.8 Å². The molecule has 0 radical (unpaired) electrons. The highest BCUT2D eigenvalue weighted by molar-refractivity contribution is 7.95. The van der Waals surface area contributed by atoms with Crippen LogP contribution in [0.25, 0.3) is 0 Å². The van der Waals surface area contributed by atoms with E-state index < -0.39 is 21.2 Å². The van der Waals surface area contributed by atoms with E-state index >= 15 is 0 Å². The lowest BCUT2D eigenvalue weighted by molar-refractivity contribution is -0.124. The van der Waals surface area contributed by atoms with E-state index in [1.165, 1.54) is 0 Å². The standard InChI is InChI=1S/C19H20ClNO3S/c1-19(2)8-6-13-16(18(19)22)15(11-4-3-5-12(20)10-11)17-14(21-13)7-9-25(17,23)24/h3-5,10,15,21H,6-9H2,1-2H3. The Kier molecular flexibility index (Phi) is 3.68. The zero-order valence-corrected chi connectivity index (χ0v) is 15.8. The minimum Gasteiger partial charge on any atom is -0.361 e. The van der Waals surface area contributed by atoms with E-state index in [-0.39, 0.29) is 11.5 Å². The lowest BCUT2D eigenvalue weighted by Crippen LogP contribution is -2.39. The lowest BCUT2D eigenvalue weighted by atomic mass is 9.69. The molecule has 4 rings (SSSR count). The van der Waals surface area contributed by atoms with Gasteiger partial charge in [-0.1, -0.05) is 37.6 Å². The first-order valence-electron chi connectivity index (χ1n) is 8.47. The normalized spacial score (nSPS) is 27.0. The number of dihydropyridines is 1. The highest BCUT2D eigenvalue weighted by Gasteiger charge is 2.48. The van der Waals surface area contributed by atoms with Crippen LogP contribution in [0.2, 0.25) is 5.02 Å². The number of carbonyl (C=O) groups excluding carboxylic acids is 1. The highest BCUT2D eigenvalue weighted by Crippen LogP contribution is 2.50. The van der Waals surface area contributed by atoms with Crippen molar-refractivity contribution in [2.45, 2.75) is 39.0 Å². The number of nitrogens with one attached hydrogen (secondary N) is 1. The molecule has 6 heteroatoms. The van der Waals surface area contributed by atoms with Crippen LogP contribution in [0, 0.1) is 5.41 Å². The maximum absolute atomic E-state index is 13.2. The summed E-state index contributed by atoms with van der Waals surface area (Å²) in [5.41, 5.74) is 2.51. The molecule has 132 valence electrons. The summed E-state index contributed by atoms with van der Waals surface area (Å²) in [6.07, 6.45) is 1.99. The molecule has 1 aromatic carbocycles. The third-order valence-corrected chi connectivity index (χ3v) is 7.60. The summed E-state index contributed by atoms with van der Waals surface area (Å²) >= 11 is 6.16. The average Bonchev–Trinajstić information content (AvgIpc) is 2.85. The number of sulfone groups is 1. The van der Waals surface area contributed by atoms with Crippen molar-refractivity contribution >= 4 is 27.2 Å². The summed E-state index contributed by atoms with van der Waals surface area (Å²) in [5, 5.41) is 3.82. The average molecular weight is 378 g/mol. The Hall–Kier alpha value is -1.59. The molecule has 2 heterocycles. The molecular weight excluding hydrogens is 358 g/mol. The van der Waals surface area contributed by atoms with Crippen LogP contribution in [-0.4, -0.2) is 20.0 Å². The van der Waals surface area contributed by atoms with E-state index in [9.17, 15) is 13.2 Å². The van der Waals surface area contributed by atoms with Crippen LogP contribution >= 0.6 is 11.6 Å². The minimum atomic E-state index is -3.38. The lowest BCUT2D eigenvalue weighted by Gasteiger charge is -2.38. The van der Waals surface area contributed by atoms with Gasteiger partial charge in [-0.15, -0.1) is 0 Å². The summed E-state index contributed by atoms with van der Waals surface area (Å²) < 4.78 is 25.5. The van der Waals surface area contributed by atoms with Crippen molar-refractivity contribution in [1.82, 2.24) is 5.32 Å². The fourth-order valence-corrected chi connectivity index (χ4v) is 6.11. The number of hydrogen-bond donors (Lipinski definition) is 1. The van der Waals surface area contributed by atoms with E-state index in [1.807, 2.05) is 19.9 Å². The topological polar surface area (TPSA) is 63.2 Å². The Morgan fingerprint density at radius 2 is 1.96 bits per heavy atom. The molecule has 2 aliphatic heterocycles. The molecule has 0 amide bonds. The minimum absolute atomic E-state index is 0.0277. The fraction of sp³-hybridized carbons (Fsp3) is 0.421. The maximum Gasteiger partial charge on any atom is 0.177 e. The number of Topliss-reactive ketones (excluding diaryl/α,β-unsaturated/α-hetero) is 1. The molecule has 0 spiro atoms. The van der Waals surface area contributed by atoms with Crippen LogP contribution in [0.15, 0.2) is 46.1 Å². The van der Waals surface area contributed by atoms with E-state index in [1.54, 1.807) is 18.2 Å². The molecule has 1 aliphatic carbocycles. The fourth-order valence-electron chi connectivity index (χ4n) is 4.08. The molecule has 1 aromatic rings. The number of benzene rings is 1. The van der Waals surface area contributed by atoms with Crippen LogP contribution in [-0.2, 0) is 14.6 Å². The predicted molar refractivity (Wildman–Crippen MR) is 97.8 cm³/mol. The zero-order valence-electron chi connectivity index (χ0n) is 14.2. The van der Waals surface area contributed by atoms with Gasteiger partial charge < -0.3 is 5.32 Å². The molecule has 25 heavy (non-hydrogen) atoms. The molecule has 3 aliphatic rings. The van der Waals surface area contributed by atoms with Gasteiger partial charge in [-0.3, -0.25) is 4.79 Å². The molecule has 1 N–H and O–H groups in total. The Balaban J connectivity index is 1.97. The van der Waals surface area contributed by atoms with Gasteiger partial charge in [0.05, 0.1) is 16.6 Å². The predicted octanol–water partition coefficient (Wildman–Crippen LogP) is 3.70. The first-order valence-corrected chi connectivity index (χ1v) is 10.5. The molecule has 1 unspecified atom stereocenters. The van der Waals surface area contributed by atoms with Crippen LogP contribution < -0.4 is 5.32 Å². The molecule has 0 saturated carbocycles. The zero-order chi connectivity index (χ0) is 18.0. The van der Waals surface area contributed by atoms with Crippen molar-refractivity contribution < 1.29 is 13.2 Å². The Labute approximate surface area is 152 Å². The van der Waals surface area contributed by atoms with Crippen LogP contribution in [0.5, 0.6) is 0 Å². The third-order valence-electron chi connectivity index (χ3n) is 5.47. The summed E-state index contributed by atoms with van der Waals surface area (Å²) in [7, 11) is -3.38. The van der Waals surface area contributed by atoms with Crippen molar-refractivity contribution in [2.24, 2.45) is 5.41 Å². The van der Waals surface area contributed by atoms with Gasteiger partial charge in [-0.05, 0) is 30.5 Å². The number of halogens is 1. The number of hydrogen-bond acceptors (Lipinski definition) is 4. The van der Waals surface area contributed by atoms with Gasteiger partial charge in [0.15, 0.2) is 15.6 Å². The monoisotopic (exact) mass is 377 g/mol.